The smallest absolute Gasteiger partial charge is 0.117 e. The van der Waals surface area contributed by atoms with Gasteiger partial charge >= 0.3 is 0 Å². The SMILES string of the molecule is CC(C)[Si](C#CC#C[Si](C(C)C)(C(C)C)C(C)C)(C(C)C)C(C)C. The van der Waals surface area contributed by atoms with Gasteiger partial charge in [0.2, 0.25) is 0 Å². The highest BCUT2D eigenvalue weighted by atomic mass is 28.3. The minimum atomic E-state index is -1.65. The zero-order valence-corrected chi connectivity index (χ0v) is 20.5. The van der Waals surface area contributed by atoms with Gasteiger partial charge in [0, 0.05) is 0 Å². The average molecular weight is 363 g/mol. The Morgan fingerprint density at radius 1 is 0.375 bits per heavy atom. The van der Waals surface area contributed by atoms with Crippen molar-refractivity contribution in [1.29, 1.82) is 0 Å². The molecule has 0 aromatic carbocycles. The quantitative estimate of drug-likeness (QED) is 0.340. The summed E-state index contributed by atoms with van der Waals surface area (Å²) in [6.45, 7) is 28.4. The molecule has 0 saturated heterocycles. The van der Waals surface area contributed by atoms with Crippen LogP contribution in [0.3, 0.4) is 0 Å². The molecule has 0 rings (SSSR count). The maximum Gasteiger partial charge on any atom is 0.147 e. The number of hydrogen-bond donors (Lipinski definition) is 0. The summed E-state index contributed by atoms with van der Waals surface area (Å²) < 4.78 is 0. The van der Waals surface area contributed by atoms with E-state index in [1.54, 1.807) is 0 Å². The first kappa shape index (κ1) is 23.6. The van der Waals surface area contributed by atoms with Gasteiger partial charge in [-0.05, 0) is 45.1 Å². The molecule has 0 bridgehead atoms. The molecule has 0 unspecified atom stereocenters. The third-order valence-electron chi connectivity index (χ3n) is 6.35. The molecule has 0 N–H and O–H groups in total. The van der Waals surface area contributed by atoms with Crippen LogP contribution >= 0.6 is 0 Å². The third-order valence-corrected chi connectivity index (χ3v) is 18.9. The van der Waals surface area contributed by atoms with Crippen LogP contribution in [0.4, 0.5) is 0 Å². The Hall–Kier alpha value is -0.446. The molecule has 0 nitrogen and oxygen atoms in total. The van der Waals surface area contributed by atoms with Crippen LogP contribution in [0.1, 0.15) is 83.1 Å². The topological polar surface area (TPSA) is 0 Å². The average Bonchev–Trinajstić information content (AvgIpc) is 2.40. The van der Waals surface area contributed by atoms with E-state index >= 15 is 0 Å². The summed E-state index contributed by atoms with van der Waals surface area (Å²) in [4.78, 5) is 0. The minimum absolute atomic E-state index is 0.675. The van der Waals surface area contributed by atoms with Gasteiger partial charge in [-0.2, -0.15) is 0 Å². The van der Waals surface area contributed by atoms with Crippen molar-refractivity contribution in [2.45, 2.75) is 116 Å². The van der Waals surface area contributed by atoms with E-state index in [-0.39, 0.29) is 0 Å². The molecular formula is C22H42Si2. The lowest BCUT2D eigenvalue weighted by Gasteiger charge is -2.38. The summed E-state index contributed by atoms with van der Waals surface area (Å²) in [6.07, 6.45) is 0. The Labute approximate surface area is 155 Å². The molecule has 0 radical (unpaired) electrons. The fourth-order valence-electron chi connectivity index (χ4n) is 5.15. The lowest BCUT2D eigenvalue weighted by Crippen LogP contribution is -2.43. The lowest BCUT2D eigenvalue weighted by atomic mass is 10.5. The molecule has 0 aliphatic heterocycles. The van der Waals surface area contributed by atoms with E-state index in [0.29, 0.717) is 33.2 Å². The highest BCUT2D eigenvalue weighted by Gasteiger charge is 2.42. The normalized spacial score (nSPS) is 12.9. The van der Waals surface area contributed by atoms with E-state index in [1.807, 2.05) is 0 Å². The van der Waals surface area contributed by atoms with E-state index < -0.39 is 16.1 Å². The standard InChI is InChI=1S/C22H42Si2/c1-17(2)23(18(3)4,19(5)6)15-13-14-16-24(20(7)8,21(9)10)22(11)12/h17-22H,1-12H3. The molecule has 0 aliphatic rings. The number of rotatable bonds is 6. The summed E-state index contributed by atoms with van der Waals surface area (Å²) >= 11 is 0. The first-order chi connectivity index (χ1) is 10.9. The second kappa shape index (κ2) is 9.31. The van der Waals surface area contributed by atoms with Gasteiger partial charge in [-0.3, -0.25) is 0 Å². The summed E-state index contributed by atoms with van der Waals surface area (Å²) in [5, 5.41) is 0. The molecule has 0 aromatic rings. The van der Waals surface area contributed by atoms with Gasteiger partial charge in [0.25, 0.3) is 0 Å². The fourth-order valence-corrected chi connectivity index (χ4v) is 15.4. The van der Waals surface area contributed by atoms with Crippen LogP contribution < -0.4 is 0 Å². The van der Waals surface area contributed by atoms with Crippen molar-refractivity contribution < 1.29 is 0 Å². The molecule has 24 heavy (non-hydrogen) atoms. The molecule has 0 amide bonds. The lowest BCUT2D eigenvalue weighted by molar-refractivity contribution is 0.838. The highest BCUT2D eigenvalue weighted by molar-refractivity contribution is 6.91. The second-order valence-electron chi connectivity index (χ2n) is 9.29. The van der Waals surface area contributed by atoms with Gasteiger partial charge in [-0.15, -0.1) is 11.1 Å². The third kappa shape index (κ3) is 4.59. The van der Waals surface area contributed by atoms with Crippen LogP contribution in [0, 0.1) is 22.9 Å². The zero-order valence-electron chi connectivity index (χ0n) is 18.5. The van der Waals surface area contributed by atoms with Crippen molar-refractivity contribution in [3.63, 3.8) is 0 Å². The fraction of sp³-hybridized carbons (Fsp3) is 0.818. The van der Waals surface area contributed by atoms with E-state index in [2.05, 4.69) is 106 Å². The molecule has 2 heteroatoms. The summed E-state index contributed by atoms with van der Waals surface area (Å²) in [6, 6.07) is 0. The molecule has 0 saturated carbocycles. The van der Waals surface area contributed by atoms with E-state index in [0.717, 1.165) is 0 Å². The molecule has 0 spiro atoms. The summed E-state index contributed by atoms with van der Waals surface area (Å²) in [5.41, 5.74) is 11.6. The van der Waals surface area contributed by atoms with Crippen molar-refractivity contribution in [3.8, 4) is 22.9 Å². The van der Waals surface area contributed by atoms with Crippen LogP contribution in [-0.2, 0) is 0 Å². The number of hydrogen-bond acceptors (Lipinski definition) is 0. The summed E-state index contributed by atoms with van der Waals surface area (Å²) in [5.74, 6) is 6.75. The van der Waals surface area contributed by atoms with E-state index in [9.17, 15) is 0 Å². The van der Waals surface area contributed by atoms with E-state index in [1.165, 1.54) is 0 Å². The largest absolute Gasteiger partial charge is 0.147 e. The summed E-state index contributed by atoms with van der Waals surface area (Å²) in [7, 11) is -3.31. The van der Waals surface area contributed by atoms with Gasteiger partial charge in [0.05, 0.1) is 0 Å². The molecule has 0 aliphatic carbocycles. The molecule has 0 aromatic heterocycles. The van der Waals surface area contributed by atoms with Gasteiger partial charge in [0.1, 0.15) is 16.1 Å². The van der Waals surface area contributed by atoms with Crippen LogP contribution in [0.5, 0.6) is 0 Å². The predicted molar refractivity (Wildman–Crippen MR) is 118 cm³/mol. The van der Waals surface area contributed by atoms with Crippen molar-refractivity contribution in [3.05, 3.63) is 0 Å². The van der Waals surface area contributed by atoms with Crippen molar-refractivity contribution in [2.75, 3.05) is 0 Å². The van der Waals surface area contributed by atoms with Gasteiger partial charge < -0.3 is 0 Å². The maximum absolute atomic E-state index is 3.76. The van der Waals surface area contributed by atoms with Crippen molar-refractivity contribution in [2.24, 2.45) is 0 Å². The van der Waals surface area contributed by atoms with Crippen LogP contribution in [0.15, 0.2) is 0 Å². The predicted octanol–water partition coefficient (Wildman–Crippen LogP) is 7.43. The maximum atomic E-state index is 3.76. The second-order valence-corrected chi connectivity index (χ2v) is 20.5. The van der Waals surface area contributed by atoms with Crippen LogP contribution in [-0.4, -0.2) is 16.1 Å². The molecular weight excluding hydrogens is 320 g/mol. The Kier molecular flexibility index (Phi) is 9.13. The Balaban J connectivity index is 6.00. The van der Waals surface area contributed by atoms with Crippen molar-refractivity contribution in [1.82, 2.24) is 0 Å². The van der Waals surface area contributed by atoms with Crippen molar-refractivity contribution >= 4 is 16.1 Å². The first-order valence-electron chi connectivity index (χ1n) is 9.91. The molecule has 0 fully saturated rings. The van der Waals surface area contributed by atoms with Gasteiger partial charge in [-0.1, -0.05) is 83.1 Å². The molecule has 138 valence electrons. The first-order valence-corrected chi connectivity index (χ1v) is 14.4. The Morgan fingerprint density at radius 2 is 0.542 bits per heavy atom. The highest BCUT2D eigenvalue weighted by Crippen LogP contribution is 2.41. The zero-order chi connectivity index (χ0) is 19.3. The van der Waals surface area contributed by atoms with Gasteiger partial charge in [0.15, 0.2) is 0 Å². The molecule has 0 atom stereocenters. The van der Waals surface area contributed by atoms with Crippen LogP contribution in [0.25, 0.3) is 0 Å². The Morgan fingerprint density at radius 3 is 0.667 bits per heavy atom. The Bertz CT molecular complexity index is 410. The van der Waals surface area contributed by atoms with E-state index in [4.69, 9.17) is 0 Å². The molecule has 0 heterocycles. The monoisotopic (exact) mass is 362 g/mol. The van der Waals surface area contributed by atoms with Crippen LogP contribution in [0.2, 0.25) is 33.2 Å². The minimum Gasteiger partial charge on any atom is -0.117 e. The van der Waals surface area contributed by atoms with Gasteiger partial charge in [-0.25, -0.2) is 0 Å².